The van der Waals surface area contributed by atoms with E-state index in [1.54, 1.807) is 12.1 Å². The van der Waals surface area contributed by atoms with Crippen LogP contribution < -0.4 is 4.57 Å². The molecule has 0 spiro atoms. The molecule has 4 aromatic carbocycles. The Morgan fingerprint density at radius 3 is 2.33 bits per heavy atom. The minimum absolute atomic E-state index is 0.204. The van der Waals surface area contributed by atoms with E-state index < -0.39 is 0 Å². The summed E-state index contributed by atoms with van der Waals surface area (Å²) in [4.78, 5) is 0. The van der Waals surface area contributed by atoms with Crippen molar-refractivity contribution in [2.45, 2.75) is 6.92 Å². The smallest absolute Gasteiger partial charge is 0.224 e. The molecule has 0 unspecified atom stereocenters. The van der Waals surface area contributed by atoms with Crippen molar-refractivity contribution in [3.8, 4) is 0 Å². The molecular weight excluding hydrogens is 371 g/mol. The van der Waals surface area contributed by atoms with Crippen molar-refractivity contribution >= 4 is 59.8 Å². The highest BCUT2D eigenvalue weighted by Gasteiger charge is 2.26. The Kier molecular flexibility index (Phi) is 2.82. The minimum Gasteiger partial charge on any atom is -0.307 e. The van der Waals surface area contributed by atoms with Crippen LogP contribution in [-0.2, 0) is 7.05 Å². The summed E-state index contributed by atoms with van der Waals surface area (Å²) in [6, 6.07) is 22.5. The molecule has 0 N–H and O–H groups in total. The number of aryl methyl sites for hydroxylation is 2. The summed E-state index contributed by atoms with van der Waals surface area (Å²) in [5.74, 6) is -0.204. The molecule has 0 saturated carbocycles. The van der Waals surface area contributed by atoms with E-state index in [-0.39, 0.29) is 5.82 Å². The first-order chi connectivity index (χ1) is 14.6. The van der Waals surface area contributed by atoms with Crippen molar-refractivity contribution in [1.29, 1.82) is 0 Å². The van der Waals surface area contributed by atoms with Crippen LogP contribution in [0.15, 0.2) is 72.9 Å². The van der Waals surface area contributed by atoms with Gasteiger partial charge in [0.25, 0.3) is 0 Å². The highest BCUT2D eigenvalue weighted by Crippen LogP contribution is 2.44. The van der Waals surface area contributed by atoms with Gasteiger partial charge in [0.15, 0.2) is 6.20 Å². The van der Waals surface area contributed by atoms with Gasteiger partial charge in [-0.15, -0.1) is 0 Å². The zero-order chi connectivity index (χ0) is 20.1. The van der Waals surface area contributed by atoms with Crippen molar-refractivity contribution in [2.24, 2.45) is 7.05 Å². The zero-order valence-corrected chi connectivity index (χ0v) is 16.7. The van der Waals surface area contributed by atoms with E-state index in [1.807, 2.05) is 12.3 Å². The maximum absolute atomic E-state index is 14.7. The number of benzene rings is 4. The molecule has 0 aliphatic carbocycles. The van der Waals surface area contributed by atoms with Gasteiger partial charge in [-0.05, 0) is 46.8 Å². The van der Waals surface area contributed by atoms with Gasteiger partial charge in [0, 0.05) is 16.8 Å². The quantitative estimate of drug-likeness (QED) is 0.161. The molecule has 3 heterocycles. The third-order valence-electron chi connectivity index (χ3n) is 6.74. The van der Waals surface area contributed by atoms with Gasteiger partial charge < -0.3 is 4.40 Å². The highest BCUT2D eigenvalue weighted by atomic mass is 19.1. The summed E-state index contributed by atoms with van der Waals surface area (Å²) in [7, 11) is 2.08. The first kappa shape index (κ1) is 16.1. The number of hydrogen-bond acceptors (Lipinski definition) is 0. The predicted octanol–water partition coefficient (Wildman–Crippen LogP) is 6.42. The highest BCUT2D eigenvalue weighted by molar-refractivity contribution is 6.32. The van der Waals surface area contributed by atoms with Crippen LogP contribution in [0.1, 0.15) is 5.56 Å². The molecule has 7 aromatic rings. The van der Waals surface area contributed by atoms with Gasteiger partial charge in [-0.3, -0.25) is 0 Å². The number of hydrogen-bond donors (Lipinski definition) is 0. The number of nitrogens with zero attached hydrogens (tertiary/aromatic N) is 2. The number of fused-ring (bicyclic) bond motifs is 7. The number of rotatable bonds is 0. The summed E-state index contributed by atoms with van der Waals surface area (Å²) < 4.78 is 19.2. The number of aromatic nitrogens is 2. The lowest BCUT2D eigenvalue weighted by Gasteiger charge is -2.14. The van der Waals surface area contributed by atoms with Gasteiger partial charge in [-0.1, -0.05) is 42.5 Å². The standard InChI is InChI=1S/C27H18FN2/c1-15-18-7-3-4-8-19(18)25-20-9-5-6-10-21(20)30-22-14-17(28)13-16-11-12-29(2)26(24(16)22)23(15)27(25)30/h3-14H,1-2H3/q+1. The summed E-state index contributed by atoms with van der Waals surface area (Å²) >= 11 is 0. The summed E-state index contributed by atoms with van der Waals surface area (Å²) in [6.07, 6.45) is 2.04. The van der Waals surface area contributed by atoms with E-state index >= 15 is 0 Å². The number of halogens is 1. The van der Waals surface area contributed by atoms with Gasteiger partial charge in [-0.2, -0.15) is 0 Å². The van der Waals surface area contributed by atoms with E-state index in [4.69, 9.17) is 0 Å². The van der Waals surface area contributed by atoms with E-state index in [9.17, 15) is 4.39 Å². The molecule has 0 bridgehead atoms. The largest absolute Gasteiger partial charge is 0.307 e. The van der Waals surface area contributed by atoms with Gasteiger partial charge in [-0.25, -0.2) is 8.96 Å². The molecule has 0 radical (unpaired) electrons. The second kappa shape index (κ2) is 5.25. The van der Waals surface area contributed by atoms with Crippen molar-refractivity contribution in [3.63, 3.8) is 0 Å². The molecule has 142 valence electrons. The monoisotopic (exact) mass is 389 g/mol. The molecule has 3 aromatic heterocycles. The maximum atomic E-state index is 14.7. The normalized spacial score (nSPS) is 12.5. The minimum atomic E-state index is -0.204. The molecule has 0 amide bonds. The van der Waals surface area contributed by atoms with Crippen LogP contribution in [0, 0.1) is 12.7 Å². The van der Waals surface area contributed by atoms with Crippen LogP contribution in [0.2, 0.25) is 0 Å². The first-order valence-corrected chi connectivity index (χ1v) is 10.2. The molecule has 0 aliphatic heterocycles. The second-order valence-electron chi connectivity index (χ2n) is 8.29. The Morgan fingerprint density at radius 2 is 1.50 bits per heavy atom. The van der Waals surface area contributed by atoms with Crippen LogP contribution in [0.3, 0.4) is 0 Å². The lowest BCUT2D eigenvalue weighted by molar-refractivity contribution is -0.643. The van der Waals surface area contributed by atoms with Crippen molar-refractivity contribution in [2.75, 3.05) is 0 Å². The van der Waals surface area contributed by atoms with E-state index in [2.05, 4.69) is 71.5 Å². The van der Waals surface area contributed by atoms with Gasteiger partial charge in [0.2, 0.25) is 5.52 Å². The first-order valence-electron chi connectivity index (χ1n) is 10.2. The number of pyridine rings is 2. The van der Waals surface area contributed by atoms with Crippen LogP contribution in [0.25, 0.3) is 59.8 Å². The SMILES string of the molecule is Cc1c2ccccc2c2c3ccccc3n3c4cc(F)cc5cc[n+](C)c(c1c23)c54. The average molecular weight is 389 g/mol. The maximum Gasteiger partial charge on any atom is 0.224 e. The second-order valence-corrected chi connectivity index (χ2v) is 8.29. The molecule has 0 atom stereocenters. The molecule has 0 fully saturated rings. The Balaban J connectivity index is 2.04. The van der Waals surface area contributed by atoms with E-state index in [0.29, 0.717) is 0 Å². The summed E-state index contributed by atoms with van der Waals surface area (Å²) in [6.45, 7) is 2.21. The van der Waals surface area contributed by atoms with E-state index in [0.717, 1.165) is 27.3 Å². The topological polar surface area (TPSA) is 8.29 Å². The van der Waals surface area contributed by atoms with Gasteiger partial charge >= 0.3 is 0 Å². The predicted molar refractivity (Wildman–Crippen MR) is 122 cm³/mol. The van der Waals surface area contributed by atoms with Crippen molar-refractivity contribution in [3.05, 3.63) is 84.3 Å². The fourth-order valence-corrected chi connectivity index (χ4v) is 5.55. The zero-order valence-electron chi connectivity index (χ0n) is 16.7. The van der Waals surface area contributed by atoms with Gasteiger partial charge in [0.05, 0.1) is 27.3 Å². The van der Waals surface area contributed by atoms with Crippen LogP contribution in [0.4, 0.5) is 4.39 Å². The molecule has 2 nitrogen and oxygen atoms in total. The van der Waals surface area contributed by atoms with Crippen molar-refractivity contribution in [1.82, 2.24) is 4.40 Å². The average Bonchev–Trinajstić information content (AvgIpc) is 3.10. The lowest BCUT2D eigenvalue weighted by Crippen LogP contribution is -2.29. The Labute approximate surface area is 171 Å². The molecule has 7 rings (SSSR count). The molecule has 3 heteroatoms. The van der Waals surface area contributed by atoms with Crippen molar-refractivity contribution < 1.29 is 8.96 Å². The van der Waals surface area contributed by atoms with Crippen LogP contribution >= 0.6 is 0 Å². The number of para-hydroxylation sites is 1. The van der Waals surface area contributed by atoms with Crippen LogP contribution in [0.5, 0.6) is 0 Å². The third kappa shape index (κ3) is 1.73. The molecule has 0 aliphatic rings. The summed E-state index contributed by atoms with van der Waals surface area (Å²) in [5.41, 5.74) is 5.64. The molecule has 30 heavy (non-hydrogen) atoms. The Morgan fingerprint density at radius 1 is 0.767 bits per heavy atom. The third-order valence-corrected chi connectivity index (χ3v) is 6.74. The summed E-state index contributed by atoms with van der Waals surface area (Å²) in [5, 5.41) is 8.25. The molecular formula is C27H18FN2+. The van der Waals surface area contributed by atoms with Crippen LogP contribution in [-0.4, -0.2) is 4.40 Å². The lowest BCUT2D eigenvalue weighted by atomic mass is 9.94. The Bertz CT molecular complexity index is 1820. The fraction of sp³-hybridized carbons (Fsp3) is 0.0741. The fourth-order valence-electron chi connectivity index (χ4n) is 5.55. The Hall–Kier alpha value is -3.72. The van der Waals surface area contributed by atoms with E-state index in [1.165, 1.54) is 38.0 Å². The molecule has 0 saturated heterocycles. The van der Waals surface area contributed by atoms with Gasteiger partial charge in [0.1, 0.15) is 12.9 Å².